The third-order valence-corrected chi connectivity index (χ3v) is 5.33. The minimum absolute atomic E-state index is 0.421. The van der Waals surface area contributed by atoms with Crippen molar-refractivity contribution in [1.82, 2.24) is 9.62 Å². The van der Waals surface area contributed by atoms with Crippen molar-refractivity contribution in [3.05, 3.63) is 29.8 Å². The first-order valence-corrected chi connectivity index (χ1v) is 8.38. The standard InChI is InChI=1S/C14H22N2O2S/c1-2-15-12-13-7-6-8-14(11-13)19(17,18)16-9-4-3-5-10-16/h6-8,11,15H,2-5,9-10,12H2,1H3. The number of sulfonamides is 1. The first-order chi connectivity index (χ1) is 9.14. The fourth-order valence-electron chi connectivity index (χ4n) is 2.34. The smallest absolute Gasteiger partial charge is 0.243 e. The molecule has 0 spiro atoms. The van der Waals surface area contributed by atoms with E-state index in [1.165, 1.54) is 0 Å². The molecule has 1 aliphatic rings. The minimum Gasteiger partial charge on any atom is -0.313 e. The summed E-state index contributed by atoms with van der Waals surface area (Å²) < 4.78 is 26.7. The number of benzene rings is 1. The van der Waals surface area contributed by atoms with E-state index < -0.39 is 10.0 Å². The third kappa shape index (κ3) is 3.55. The zero-order valence-corrected chi connectivity index (χ0v) is 12.2. The van der Waals surface area contributed by atoms with Gasteiger partial charge in [0.1, 0.15) is 0 Å². The van der Waals surface area contributed by atoms with Gasteiger partial charge in [-0.25, -0.2) is 8.42 Å². The van der Waals surface area contributed by atoms with E-state index in [0.717, 1.165) is 31.4 Å². The SMILES string of the molecule is CCNCc1cccc(S(=O)(=O)N2CCCCC2)c1. The summed E-state index contributed by atoms with van der Waals surface area (Å²) in [6, 6.07) is 7.26. The normalized spacial score (nSPS) is 17.5. The Morgan fingerprint density at radius 3 is 2.63 bits per heavy atom. The van der Waals surface area contributed by atoms with Gasteiger partial charge in [0.2, 0.25) is 10.0 Å². The average molecular weight is 282 g/mol. The minimum atomic E-state index is -3.30. The van der Waals surface area contributed by atoms with Crippen LogP contribution in [0.1, 0.15) is 31.7 Å². The summed E-state index contributed by atoms with van der Waals surface area (Å²) in [5.41, 5.74) is 1.01. The molecule has 0 amide bonds. The summed E-state index contributed by atoms with van der Waals surface area (Å²) >= 11 is 0. The fraction of sp³-hybridized carbons (Fsp3) is 0.571. The van der Waals surface area contributed by atoms with Crippen LogP contribution in [0.4, 0.5) is 0 Å². The van der Waals surface area contributed by atoms with E-state index in [1.807, 2.05) is 19.1 Å². The molecule has 0 unspecified atom stereocenters. The number of nitrogens with one attached hydrogen (secondary N) is 1. The van der Waals surface area contributed by atoms with Gasteiger partial charge in [-0.2, -0.15) is 4.31 Å². The van der Waals surface area contributed by atoms with Crippen molar-refractivity contribution < 1.29 is 8.42 Å². The van der Waals surface area contributed by atoms with Crippen LogP contribution in [0.5, 0.6) is 0 Å². The van der Waals surface area contributed by atoms with Gasteiger partial charge in [0, 0.05) is 19.6 Å². The molecule has 1 aromatic rings. The summed E-state index contributed by atoms with van der Waals surface area (Å²) in [6.07, 6.45) is 3.07. The van der Waals surface area contributed by atoms with Gasteiger partial charge in [-0.05, 0) is 37.1 Å². The Morgan fingerprint density at radius 1 is 1.21 bits per heavy atom. The zero-order chi connectivity index (χ0) is 13.7. The predicted molar refractivity (Wildman–Crippen MR) is 76.4 cm³/mol. The quantitative estimate of drug-likeness (QED) is 0.898. The first kappa shape index (κ1) is 14.5. The fourth-order valence-corrected chi connectivity index (χ4v) is 3.93. The van der Waals surface area contributed by atoms with E-state index in [-0.39, 0.29) is 0 Å². The summed E-state index contributed by atoms with van der Waals surface area (Å²) in [5.74, 6) is 0. The van der Waals surface area contributed by atoms with Gasteiger partial charge in [0.15, 0.2) is 0 Å². The molecule has 1 N–H and O–H groups in total. The molecule has 1 aliphatic heterocycles. The monoisotopic (exact) mass is 282 g/mol. The molecule has 0 aromatic heterocycles. The van der Waals surface area contributed by atoms with Gasteiger partial charge in [-0.15, -0.1) is 0 Å². The van der Waals surface area contributed by atoms with Gasteiger partial charge in [-0.1, -0.05) is 25.5 Å². The highest BCUT2D eigenvalue weighted by Crippen LogP contribution is 2.21. The van der Waals surface area contributed by atoms with Crippen LogP contribution in [0.2, 0.25) is 0 Å². The van der Waals surface area contributed by atoms with Crippen LogP contribution in [-0.4, -0.2) is 32.4 Å². The molecule has 0 atom stereocenters. The predicted octanol–water partition coefficient (Wildman–Crippen LogP) is 1.97. The molecule has 1 saturated heterocycles. The second-order valence-electron chi connectivity index (χ2n) is 4.89. The van der Waals surface area contributed by atoms with Crippen LogP contribution in [-0.2, 0) is 16.6 Å². The lowest BCUT2D eigenvalue weighted by Crippen LogP contribution is -2.35. The van der Waals surface area contributed by atoms with Crippen molar-refractivity contribution in [2.75, 3.05) is 19.6 Å². The van der Waals surface area contributed by atoms with Crippen molar-refractivity contribution in [3.8, 4) is 0 Å². The summed E-state index contributed by atoms with van der Waals surface area (Å²) in [6.45, 7) is 4.93. The van der Waals surface area contributed by atoms with Crippen LogP contribution < -0.4 is 5.32 Å². The molecule has 1 heterocycles. The number of hydrogen-bond donors (Lipinski definition) is 1. The molecule has 0 aliphatic carbocycles. The Kier molecular flexibility index (Phi) is 4.96. The molecule has 1 aromatic carbocycles. The molecule has 1 fully saturated rings. The average Bonchev–Trinajstić information content (AvgIpc) is 2.46. The number of nitrogens with zero attached hydrogens (tertiary/aromatic N) is 1. The van der Waals surface area contributed by atoms with Crippen molar-refractivity contribution in [1.29, 1.82) is 0 Å². The Balaban J connectivity index is 2.19. The number of piperidine rings is 1. The lowest BCUT2D eigenvalue weighted by atomic mass is 10.2. The molecule has 5 heteroatoms. The van der Waals surface area contributed by atoms with Gasteiger partial charge in [0.25, 0.3) is 0 Å². The van der Waals surface area contributed by atoms with Crippen molar-refractivity contribution in [2.45, 2.75) is 37.6 Å². The summed E-state index contributed by atoms with van der Waals surface area (Å²) in [7, 11) is -3.30. The topological polar surface area (TPSA) is 49.4 Å². The highest BCUT2D eigenvalue weighted by Gasteiger charge is 2.25. The molecule has 4 nitrogen and oxygen atoms in total. The van der Waals surface area contributed by atoms with E-state index >= 15 is 0 Å². The molecule has 106 valence electrons. The van der Waals surface area contributed by atoms with Crippen LogP contribution in [0.25, 0.3) is 0 Å². The molecule has 0 saturated carbocycles. The molecular formula is C14H22N2O2S. The summed E-state index contributed by atoms with van der Waals surface area (Å²) in [4.78, 5) is 0.421. The second-order valence-corrected chi connectivity index (χ2v) is 6.83. The first-order valence-electron chi connectivity index (χ1n) is 6.94. The molecule has 19 heavy (non-hydrogen) atoms. The van der Waals surface area contributed by atoms with Gasteiger partial charge < -0.3 is 5.32 Å². The van der Waals surface area contributed by atoms with E-state index in [0.29, 0.717) is 24.5 Å². The Bertz CT molecular complexity index is 508. The Hall–Kier alpha value is -0.910. The van der Waals surface area contributed by atoms with Crippen molar-refractivity contribution >= 4 is 10.0 Å². The number of hydrogen-bond acceptors (Lipinski definition) is 3. The van der Waals surface area contributed by atoms with E-state index in [1.54, 1.807) is 16.4 Å². The van der Waals surface area contributed by atoms with Crippen LogP contribution in [0.3, 0.4) is 0 Å². The third-order valence-electron chi connectivity index (χ3n) is 3.43. The Labute approximate surface area is 115 Å². The Morgan fingerprint density at radius 2 is 1.95 bits per heavy atom. The molecular weight excluding hydrogens is 260 g/mol. The number of rotatable bonds is 5. The lowest BCUT2D eigenvalue weighted by Gasteiger charge is -2.26. The van der Waals surface area contributed by atoms with Gasteiger partial charge >= 0.3 is 0 Å². The molecule has 0 bridgehead atoms. The maximum Gasteiger partial charge on any atom is 0.243 e. The highest BCUT2D eigenvalue weighted by atomic mass is 32.2. The molecule has 0 radical (unpaired) electrons. The van der Waals surface area contributed by atoms with Crippen molar-refractivity contribution in [3.63, 3.8) is 0 Å². The van der Waals surface area contributed by atoms with Crippen LogP contribution >= 0.6 is 0 Å². The maximum absolute atomic E-state index is 12.5. The largest absolute Gasteiger partial charge is 0.313 e. The van der Waals surface area contributed by atoms with E-state index in [4.69, 9.17) is 0 Å². The summed E-state index contributed by atoms with van der Waals surface area (Å²) in [5, 5.41) is 3.21. The van der Waals surface area contributed by atoms with E-state index in [9.17, 15) is 8.42 Å². The van der Waals surface area contributed by atoms with Crippen LogP contribution in [0.15, 0.2) is 29.2 Å². The van der Waals surface area contributed by atoms with Crippen LogP contribution in [0, 0.1) is 0 Å². The van der Waals surface area contributed by atoms with Gasteiger partial charge in [-0.3, -0.25) is 0 Å². The second kappa shape index (κ2) is 6.50. The zero-order valence-electron chi connectivity index (χ0n) is 11.4. The van der Waals surface area contributed by atoms with E-state index in [2.05, 4.69) is 5.32 Å². The highest BCUT2D eigenvalue weighted by molar-refractivity contribution is 7.89. The maximum atomic E-state index is 12.5. The molecule has 2 rings (SSSR count). The lowest BCUT2D eigenvalue weighted by molar-refractivity contribution is 0.346. The van der Waals surface area contributed by atoms with Crippen molar-refractivity contribution in [2.24, 2.45) is 0 Å². The van der Waals surface area contributed by atoms with Gasteiger partial charge in [0.05, 0.1) is 4.90 Å².